The zero-order valence-electron chi connectivity index (χ0n) is 13.8. The van der Waals surface area contributed by atoms with Crippen molar-refractivity contribution >= 4 is 0 Å². The van der Waals surface area contributed by atoms with Crippen molar-refractivity contribution < 1.29 is 13.5 Å². The molecule has 6 heteroatoms. The minimum absolute atomic E-state index is 0.0262. The fraction of sp³-hybridized carbons (Fsp3) is 0.100. The third-order valence-electron chi connectivity index (χ3n) is 3.81. The molecular formula is C20H14F2N2O2. The zero-order valence-corrected chi connectivity index (χ0v) is 13.8. The predicted molar refractivity (Wildman–Crippen MR) is 92.6 cm³/mol. The molecule has 0 bridgehead atoms. The van der Waals surface area contributed by atoms with Gasteiger partial charge in [0.05, 0.1) is 0 Å². The van der Waals surface area contributed by atoms with Crippen LogP contribution in [0.15, 0.2) is 53.3 Å². The normalized spacial score (nSPS) is 10.4. The lowest BCUT2D eigenvalue weighted by Crippen LogP contribution is -2.12. The highest BCUT2D eigenvalue weighted by molar-refractivity contribution is 5.70. The number of pyridine rings is 1. The molecule has 0 atom stereocenters. The number of aromatic nitrogens is 1. The standard InChI is InChI=1S/C20H14F2N2O2/c1-12-7-16(17(10-23)20(25)24-12)14-4-2-3-13(8-14)11-26-19-6-5-15(21)9-18(19)22/h2-9H,11H2,1H3,(H,24,25). The average molecular weight is 352 g/mol. The first-order valence-corrected chi connectivity index (χ1v) is 7.79. The highest BCUT2D eigenvalue weighted by Crippen LogP contribution is 2.24. The maximum Gasteiger partial charge on any atom is 0.266 e. The highest BCUT2D eigenvalue weighted by Gasteiger charge is 2.11. The Morgan fingerprint density at radius 3 is 2.69 bits per heavy atom. The van der Waals surface area contributed by atoms with E-state index in [9.17, 15) is 18.8 Å². The van der Waals surface area contributed by atoms with Gasteiger partial charge in [0, 0.05) is 17.3 Å². The second kappa shape index (κ2) is 7.19. The lowest BCUT2D eigenvalue weighted by molar-refractivity contribution is 0.289. The minimum atomic E-state index is -0.780. The zero-order chi connectivity index (χ0) is 18.7. The molecule has 0 saturated carbocycles. The van der Waals surface area contributed by atoms with E-state index < -0.39 is 17.2 Å². The van der Waals surface area contributed by atoms with Crippen molar-refractivity contribution in [2.45, 2.75) is 13.5 Å². The number of H-pyrrole nitrogens is 1. The second-order valence-corrected chi connectivity index (χ2v) is 5.75. The van der Waals surface area contributed by atoms with Crippen LogP contribution in [-0.2, 0) is 6.61 Å². The van der Waals surface area contributed by atoms with E-state index in [-0.39, 0.29) is 17.9 Å². The van der Waals surface area contributed by atoms with E-state index in [4.69, 9.17) is 4.74 Å². The molecule has 0 aliphatic carbocycles. The maximum absolute atomic E-state index is 13.6. The quantitative estimate of drug-likeness (QED) is 0.769. The van der Waals surface area contributed by atoms with E-state index in [0.29, 0.717) is 22.4 Å². The van der Waals surface area contributed by atoms with Gasteiger partial charge in [0.15, 0.2) is 11.6 Å². The van der Waals surface area contributed by atoms with Crippen LogP contribution in [0, 0.1) is 29.9 Å². The second-order valence-electron chi connectivity index (χ2n) is 5.75. The summed E-state index contributed by atoms with van der Waals surface area (Å²) in [7, 11) is 0. The van der Waals surface area contributed by atoms with E-state index in [1.54, 1.807) is 37.3 Å². The topological polar surface area (TPSA) is 65.9 Å². The number of aromatic amines is 1. The molecule has 3 aromatic rings. The van der Waals surface area contributed by atoms with Crippen molar-refractivity contribution in [1.82, 2.24) is 4.98 Å². The van der Waals surface area contributed by atoms with Crippen LogP contribution in [-0.4, -0.2) is 4.98 Å². The van der Waals surface area contributed by atoms with Crippen LogP contribution >= 0.6 is 0 Å². The molecule has 0 fully saturated rings. The lowest BCUT2D eigenvalue weighted by Gasteiger charge is -2.10. The Balaban J connectivity index is 1.90. The van der Waals surface area contributed by atoms with E-state index >= 15 is 0 Å². The van der Waals surface area contributed by atoms with Crippen LogP contribution < -0.4 is 10.3 Å². The minimum Gasteiger partial charge on any atom is -0.486 e. The van der Waals surface area contributed by atoms with Gasteiger partial charge in [0.2, 0.25) is 0 Å². The molecule has 26 heavy (non-hydrogen) atoms. The molecule has 1 N–H and O–H groups in total. The Morgan fingerprint density at radius 2 is 1.96 bits per heavy atom. The Labute approximate surface area is 148 Å². The number of nitriles is 1. The van der Waals surface area contributed by atoms with Crippen molar-refractivity contribution in [2.24, 2.45) is 0 Å². The molecule has 0 radical (unpaired) electrons. The van der Waals surface area contributed by atoms with Gasteiger partial charge in [-0.15, -0.1) is 0 Å². The van der Waals surface area contributed by atoms with Gasteiger partial charge in [-0.25, -0.2) is 8.78 Å². The fourth-order valence-corrected chi connectivity index (χ4v) is 2.61. The summed E-state index contributed by atoms with van der Waals surface area (Å²) in [5.41, 5.74) is 2.13. The van der Waals surface area contributed by atoms with E-state index in [0.717, 1.165) is 12.1 Å². The maximum atomic E-state index is 13.6. The predicted octanol–water partition coefficient (Wildman–Crippen LogP) is 4.08. The highest BCUT2D eigenvalue weighted by atomic mass is 19.1. The first-order chi connectivity index (χ1) is 12.5. The van der Waals surface area contributed by atoms with E-state index in [2.05, 4.69) is 4.98 Å². The largest absolute Gasteiger partial charge is 0.486 e. The number of aryl methyl sites for hydroxylation is 1. The summed E-state index contributed by atoms with van der Waals surface area (Å²) in [5, 5.41) is 9.26. The Hall–Kier alpha value is -3.46. The molecular weight excluding hydrogens is 338 g/mol. The number of benzene rings is 2. The number of nitrogens with one attached hydrogen (secondary N) is 1. The number of rotatable bonds is 4. The molecule has 0 aliphatic rings. The molecule has 1 aromatic heterocycles. The summed E-state index contributed by atoms with van der Waals surface area (Å²) in [6.45, 7) is 1.79. The number of nitrogens with zero attached hydrogens (tertiary/aromatic N) is 1. The van der Waals surface area contributed by atoms with Gasteiger partial charge in [-0.05, 0) is 42.3 Å². The summed E-state index contributed by atoms with van der Waals surface area (Å²) in [6.07, 6.45) is 0. The van der Waals surface area contributed by atoms with Gasteiger partial charge in [-0.3, -0.25) is 4.79 Å². The monoisotopic (exact) mass is 352 g/mol. The first-order valence-electron chi connectivity index (χ1n) is 7.79. The molecule has 0 aliphatic heterocycles. The number of hydrogen-bond acceptors (Lipinski definition) is 3. The third kappa shape index (κ3) is 3.62. The summed E-state index contributed by atoms with van der Waals surface area (Å²) < 4.78 is 32.0. The lowest BCUT2D eigenvalue weighted by atomic mass is 9.99. The van der Waals surface area contributed by atoms with Crippen molar-refractivity contribution in [2.75, 3.05) is 0 Å². The molecule has 130 valence electrons. The third-order valence-corrected chi connectivity index (χ3v) is 3.81. The molecule has 0 saturated heterocycles. The van der Waals surface area contributed by atoms with Gasteiger partial charge in [0.25, 0.3) is 5.56 Å². The van der Waals surface area contributed by atoms with Crippen LogP contribution in [0.1, 0.15) is 16.8 Å². The Bertz CT molecular complexity index is 1070. The van der Waals surface area contributed by atoms with E-state index in [1.165, 1.54) is 6.07 Å². The smallest absolute Gasteiger partial charge is 0.266 e. The van der Waals surface area contributed by atoms with Crippen molar-refractivity contribution in [1.29, 1.82) is 5.26 Å². The van der Waals surface area contributed by atoms with Gasteiger partial charge in [-0.2, -0.15) is 5.26 Å². The molecule has 0 amide bonds. The van der Waals surface area contributed by atoms with Gasteiger partial charge in [-0.1, -0.05) is 18.2 Å². The van der Waals surface area contributed by atoms with Crippen LogP contribution in [0.4, 0.5) is 8.78 Å². The van der Waals surface area contributed by atoms with Gasteiger partial charge >= 0.3 is 0 Å². The number of ether oxygens (including phenoxy) is 1. The van der Waals surface area contributed by atoms with E-state index in [1.807, 2.05) is 6.07 Å². The van der Waals surface area contributed by atoms with Crippen LogP contribution in [0.2, 0.25) is 0 Å². The Morgan fingerprint density at radius 1 is 1.15 bits per heavy atom. The fourth-order valence-electron chi connectivity index (χ4n) is 2.61. The molecule has 1 heterocycles. The van der Waals surface area contributed by atoms with Crippen molar-refractivity contribution in [3.63, 3.8) is 0 Å². The van der Waals surface area contributed by atoms with Crippen molar-refractivity contribution in [3.05, 3.63) is 87.3 Å². The van der Waals surface area contributed by atoms with Crippen molar-refractivity contribution in [3.8, 4) is 22.9 Å². The summed E-state index contributed by atoms with van der Waals surface area (Å²) in [4.78, 5) is 14.5. The molecule has 4 nitrogen and oxygen atoms in total. The van der Waals surface area contributed by atoms with Crippen LogP contribution in [0.25, 0.3) is 11.1 Å². The number of halogens is 2. The summed E-state index contributed by atoms with van der Waals surface area (Å²) in [6, 6.07) is 13.8. The Kier molecular flexibility index (Phi) is 4.81. The molecule has 3 rings (SSSR count). The molecule has 0 spiro atoms. The average Bonchev–Trinajstić information content (AvgIpc) is 2.60. The molecule has 0 unspecified atom stereocenters. The number of hydrogen-bond donors (Lipinski definition) is 1. The SMILES string of the molecule is Cc1cc(-c2cccc(COc3ccc(F)cc3F)c2)c(C#N)c(=O)[nH]1. The molecule has 2 aromatic carbocycles. The van der Waals surface area contributed by atoms with Crippen LogP contribution in [0.3, 0.4) is 0 Å². The van der Waals surface area contributed by atoms with Gasteiger partial charge in [0.1, 0.15) is 24.1 Å². The summed E-state index contributed by atoms with van der Waals surface area (Å²) >= 11 is 0. The van der Waals surface area contributed by atoms with Crippen LogP contribution in [0.5, 0.6) is 5.75 Å². The summed E-state index contributed by atoms with van der Waals surface area (Å²) in [5.74, 6) is -1.51. The van der Waals surface area contributed by atoms with Gasteiger partial charge < -0.3 is 9.72 Å². The first kappa shape index (κ1) is 17.4.